The maximum absolute atomic E-state index is 2.58. The fourth-order valence-electron chi connectivity index (χ4n) is 17.4. The number of rotatable bonds is 7. The van der Waals surface area contributed by atoms with E-state index in [2.05, 4.69) is 420 Å². The lowest BCUT2D eigenvalue weighted by Crippen LogP contribution is -2.28. The highest BCUT2D eigenvalue weighted by molar-refractivity contribution is 6.12. The Labute approximate surface area is 653 Å². The molecule has 0 amide bonds. The molecule has 0 unspecified atom stereocenters. The van der Waals surface area contributed by atoms with Gasteiger partial charge in [0.2, 0.25) is 0 Å². The van der Waals surface area contributed by atoms with E-state index in [9.17, 15) is 0 Å². The second-order valence-electron chi connectivity index (χ2n) is 45.9. The molecule has 1 nitrogen and oxygen atoms in total. The lowest BCUT2D eigenvalue weighted by atomic mass is 9.67. The van der Waals surface area contributed by atoms with Gasteiger partial charge >= 0.3 is 0 Å². The van der Waals surface area contributed by atoms with Gasteiger partial charge in [0.25, 0.3) is 0 Å². The van der Waals surface area contributed by atoms with Crippen LogP contribution in [0.2, 0.25) is 0 Å². The highest BCUT2D eigenvalue weighted by atomic mass is 15.0. The largest absolute Gasteiger partial charge is 0.309 e. The molecule has 9 aromatic carbocycles. The summed E-state index contributed by atoms with van der Waals surface area (Å²) in [6.45, 7) is 93.9. The summed E-state index contributed by atoms with van der Waals surface area (Å²) >= 11 is 0. The van der Waals surface area contributed by atoms with Crippen LogP contribution < -0.4 is 0 Å². The van der Waals surface area contributed by atoms with Gasteiger partial charge in [0.05, 0.1) is 11.0 Å². The van der Waals surface area contributed by atoms with Gasteiger partial charge in [-0.05, 0) is 276 Å². The Kier molecular flexibility index (Phi) is 20.6. The molecule has 0 N–H and O–H groups in total. The third kappa shape index (κ3) is 16.6. The zero-order valence-corrected chi connectivity index (χ0v) is 74.8. The van der Waals surface area contributed by atoms with E-state index in [0.717, 1.165) is 0 Å². The Morgan fingerprint density at radius 2 is 0.336 bits per heavy atom. The van der Waals surface area contributed by atoms with Gasteiger partial charge in [-0.2, -0.15) is 0 Å². The van der Waals surface area contributed by atoms with Crippen molar-refractivity contribution in [3.8, 4) is 72.4 Å². The van der Waals surface area contributed by atoms with E-state index < -0.39 is 0 Å². The minimum Gasteiger partial charge on any atom is -0.309 e. The van der Waals surface area contributed by atoms with Crippen LogP contribution in [0.5, 0.6) is 0 Å². The van der Waals surface area contributed by atoms with E-state index in [0.29, 0.717) is 0 Å². The van der Waals surface area contributed by atoms with Crippen LogP contribution in [0.1, 0.15) is 342 Å². The average Bonchev–Trinajstić information content (AvgIpc) is 1.58. The van der Waals surface area contributed by atoms with Crippen LogP contribution in [0, 0.1) is 0 Å². The van der Waals surface area contributed by atoms with E-state index in [1.165, 1.54) is 167 Å². The molecular formula is C106H141N. The first-order chi connectivity index (χ1) is 48.3. The summed E-state index contributed by atoms with van der Waals surface area (Å²) in [5, 5.41) is 2.46. The molecule has 0 aliphatic rings. The average molecular weight is 1430 g/mol. The molecule has 0 aliphatic heterocycles. The molecule has 0 saturated heterocycles. The van der Waals surface area contributed by atoms with E-state index in [1.54, 1.807) is 0 Å². The molecule has 0 bridgehead atoms. The Balaban J connectivity index is 1.37. The summed E-state index contributed by atoms with van der Waals surface area (Å²) in [7, 11) is 0. The zero-order valence-electron chi connectivity index (χ0n) is 74.8. The van der Waals surface area contributed by atoms with E-state index in [4.69, 9.17) is 0 Å². The maximum Gasteiger partial charge on any atom is 0.0541 e. The van der Waals surface area contributed by atoms with Crippen LogP contribution >= 0.6 is 0 Å². The minimum absolute atomic E-state index is 0.0689. The van der Waals surface area contributed by atoms with E-state index in [-0.39, 0.29) is 70.4 Å². The normalized spacial score (nSPS) is 13.9. The number of hydrogen-bond acceptors (Lipinski definition) is 0. The van der Waals surface area contributed by atoms with Crippen LogP contribution in [0.15, 0.2) is 146 Å². The first kappa shape index (κ1) is 82.3. The Morgan fingerprint density at radius 1 is 0.159 bits per heavy atom. The molecule has 107 heavy (non-hydrogen) atoms. The van der Waals surface area contributed by atoms with Gasteiger partial charge in [-0.25, -0.2) is 0 Å². The van der Waals surface area contributed by atoms with Crippen molar-refractivity contribution >= 4 is 21.8 Å². The Morgan fingerprint density at radius 3 is 0.523 bits per heavy atom. The first-order valence-corrected chi connectivity index (χ1v) is 40.6. The summed E-state index contributed by atoms with van der Waals surface area (Å²) in [6.07, 6.45) is 0. The third-order valence-corrected chi connectivity index (χ3v) is 22.6. The van der Waals surface area contributed by atoms with Crippen LogP contribution in [0.3, 0.4) is 0 Å². The molecule has 10 aromatic rings. The quantitative estimate of drug-likeness (QED) is 0.150. The highest BCUT2D eigenvalue weighted by Gasteiger charge is 2.39. The molecule has 1 aromatic heterocycles. The van der Waals surface area contributed by atoms with Gasteiger partial charge in [-0.3, -0.25) is 0 Å². The molecular weight excluding hydrogens is 1290 g/mol. The van der Waals surface area contributed by atoms with Crippen molar-refractivity contribution in [2.45, 2.75) is 340 Å². The highest BCUT2D eigenvalue weighted by Crippen LogP contribution is 2.52. The van der Waals surface area contributed by atoms with Crippen LogP contribution in [-0.2, 0) is 70.4 Å². The molecule has 1 heteroatoms. The molecule has 0 fully saturated rings. The molecule has 0 atom stereocenters. The minimum atomic E-state index is -0.127. The third-order valence-electron chi connectivity index (χ3n) is 22.6. The molecule has 570 valence electrons. The second kappa shape index (κ2) is 26.8. The fraction of sp³-hybridized carbons (Fsp3) is 0.491. The van der Waals surface area contributed by atoms with Gasteiger partial charge in [0, 0.05) is 16.5 Å². The smallest absolute Gasteiger partial charge is 0.0541 e. The van der Waals surface area contributed by atoms with Gasteiger partial charge in [0.15, 0.2) is 0 Å². The number of benzene rings is 9. The molecule has 0 spiro atoms. The number of fused-ring (bicyclic) bond motifs is 3. The number of nitrogens with zero attached hydrogens (tertiary/aromatic N) is 1. The summed E-state index contributed by atoms with van der Waals surface area (Å²) in [6, 6.07) is 59.7. The first-order valence-electron chi connectivity index (χ1n) is 40.6. The summed E-state index contributed by atoms with van der Waals surface area (Å²) in [5.74, 6) is 0. The zero-order chi connectivity index (χ0) is 80.4. The molecule has 0 saturated carbocycles. The van der Waals surface area contributed by atoms with Crippen molar-refractivity contribution in [2.24, 2.45) is 0 Å². The van der Waals surface area contributed by atoms with E-state index >= 15 is 0 Å². The lowest BCUT2D eigenvalue weighted by Gasteiger charge is -2.37. The molecule has 0 radical (unpaired) electrons. The van der Waals surface area contributed by atoms with Gasteiger partial charge in [0.1, 0.15) is 0 Å². The lowest BCUT2D eigenvalue weighted by molar-refractivity contribution is 0.498. The topological polar surface area (TPSA) is 4.93 Å². The monoisotopic (exact) mass is 1430 g/mol. The van der Waals surface area contributed by atoms with Crippen molar-refractivity contribution in [2.75, 3.05) is 0 Å². The maximum atomic E-state index is 2.58. The van der Waals surface area contributed by atoms with Crippen LogP contribution in [-0.4, -0.2) is 4.57 Å². The predicted molar refractivity (Wildman–Crippen MR) is 476 cm³/mol. The standard InChI is InChI=1S/C106H141N/c1-94(2,3)78-42-40-41-43-89(78)107-87-46-44-64(66-48-68(72-56-79(95(4,5)6)90(103(28,29)30)80(57-72)96(7,8)9)52-69(49-66)73-58-81(97(10,11)12)91(104(31,32)33)82(59-73)98(13,14)15)54-76(87)77-55-65(45-47-88(77)107)67-50-70(74-60-83(99(16,17)18)92(105(34,35)36)84(61-74)100(19,20)21)53-71(51-67)75-62-85(101(22,23)24)93(106(37,38)39)86(63-75)102(25,26)27/h40-63H,1-39H3. The van der Waals surface area contributed by atoms with Crippen LogP contribution in [0.25, 0.3) is 94.3 Å². The summed E-state index contributed by atoms with van der Waals surface area (Å²) in [4.78, 5) is 0. The van der Waals surface area contributed by atoms with Crippen molar-refractivity contribution in [1.82, 2.24) is 4.57 Å². The SMILES string of the molecule is CC(C)(C)c1ccccc1-n1c2ccc(-c3cc(-c4cc(C(C)(C)C)c(C(C)(C)C)c(C(C)(C)C)c4)cc(-c4cc(C(C)(C)C)c(C(C)(C)C)c(C(C)(C)C)c4)c3)cc2c2cc(-c3cc(-c4cc(C(C)(C)C)c(C(C)(C)C)c(C(C)(C)C)c4)cc(-c4cc(C(C)(C)C)c(C(C)(C)C)c(C(C)(C)C)c4)c3)ccc21. The predicted octanol–water partition coefficient (Wildman–Crippen LogP) is 31.7. The Hall–Kier alpha value is -7.22. The number of para-hydroxylation sites is 1. The van der Waals surface area contributed by atoms with Crippen molar-refractivity contribution in [3.05, 3.63) is 218 Å². The fourth-order valence-corrected chi connectivity index (χ4v) is 17.4. The number of hydrogen-bond donors (Lipinski definition) is 0. The van der Waals surface area contributed by atoms with Crippen molar-refractivity contribution in [3.63, 3.8) is 0 Å². The van der Waals surface area contributed by atoms with Crippen LogP contribution in [0.4, 0.5) is 0 Å². The van der Waals surface area contributed by atoms with Crippen molar-refractivity contribution < 1.29 is 0 Å². The summed E-state index contributed by atoms with van der Waals surface area (Å²) < 4.78 is 2.58. The number of aromatic nitrogens is 1. The second-order valence-corrected chi connectivity index (χ2v) is 45.9. The van der Waals surface area contributed by atoms with E-state index in [1.807, 2.05) is 0 Å². The van der Waals surface area contributed by atoms with Crippen molar-refractivity contribution in [1.29, 1.82) is 0 Å². The van der Waals surface area contributed by atoms with Gasteiger partial charge < -0.3 is 4.57 Å². The molecule has 10 rings (SSSR count). The molecule has 1 heterocycles. The molecule has 0 aliphatic carbocycles. The summed E-state index contributed by atoms with van der Waals surface area (Å²) in [5.41, 5.74) is 35.7. The van der Waals surface area contributed by atoms with Gasteiger partial charge in [-0.1, -0.05) is 349 Å². The van der Waals surface area contributed by atoms with Gasteiger partial charge in [-0.15, -0.1) is 0 Å². The Bertz CT molecular complexity index is 4410.